The van der Waals surface area contributed by atoms with Gasteiger partial charge in [-0.05, 0) is 55.8 Å². The third-order valence-corrected chi connectivity index (χ3v) is 6.72. The van der Waals surface area contributed by atoms with Crippen molar-refractivity contribution in [2.75, 3.05) is 11.4 Å². The fourth-order valence-corrected chi connectivity index (χ4v) is 5.06. The predicted octanol–water partition coefficient (Wildman–Crippen LogP) is 5.10. The molecule has 4 nitrogen and oxygen atoms in total. The van der Waals surface area contributed by atoms with Gasteiger partial charge in [-0.15, -0.1) is 0 Å². The van der Waals surface area contributed by atoms with Gasteiger partial charge in [0.2, 0.25) is 0 Å². The van der Waals surface area contributed by atoms with Gasteiger partial charge in [-0.2, -0.15) is 0 Å². The summed E-state index contributed by atoms with van der Waals surface area (Å²) in [5.41, 5.74) is 1.36. The summed E-state index contributed by atoms with van der Waals surface area (Å²) in [5, 5.41) is 0. The lowest BCUT2D eigenvalue weighted by Gasteiger charge is -2.31. The Morgan fingerprint density at radius 3 is 2.14 bits per heavy atom. The molecule has 0 aromatic heterocycles. The number of rotatable bonds is 6. The van der Waals surface area contributed by atoms with Crippen LogP contribution in [0.25, 0.3) is 0 Å². The first-order valence-corrected chi connectivity index (χ1v) is 10.3. The van der Waals surface area contributed by atoms with E-state index in [1.54, 1.807) is 87.7 Å². The van der Waals surface area contributed by atoms with Crippen molar-refractivity contribution >= 4 is 15.7 Å². The molecule has 0 amide bonds. The molecule has 3 rings (SSSR count). The lowest BCUT2D eigenvalue weighted by molar-refractivity contribution is 0.415. The fraction of sp³-hybridized carbons (Fsp3) is 0.182. The number of halogens is 1. The Balaban J connectivity index is 2.19. The fourth-order valence-electron chi connectivity index (χ4n) is 3.19. The molecule has 0 aliphatic carbocycles. The van der Waals surface area contributed by atoms with Crippen molar-refractivity contribution in [2.45, 2.75) is 24.8 Å². The molecule has 146 valence electrons. The van der Waals surface area contributed by atoms with Crippen LogP contribution < -0.4 is 9.04 Å². The van der Waals surface area contributed by atoms with Crippen molar-refractivity contribution in [1.82, 2.24) is 0 Å². The van der Waals surface area contributed by atoms with Crippen LogP contribution in [0.1, 0.15) is 24.1 Å². The molecule has 0 aliphatic rings. The molecule has 0 N–H and O–H groups in total. The average Bonchev–Trinajstić information content (AvgIpc) is 2.69. The first-order chi connectivity index (χ1) is 13.4. The third-order valence-electron chi connectivity index (χ3n) is 4.66. The van der Waals surface area contributed by atoms with E-state index in [2.05, 4.69) is 0 Å². The van der Waals surface area contributed by atoms with E-state index in [4.69, 9.17) is 4.74 Å². The lowest BCUT2D eigenvalue weighted by atomic mass is 10.1. The highest BCUT2D eigenvalue weighted by molar-refractivity contribution is 7.92. The lowest BCUT2D eigenvalue weighted by Crippen LogP contribution is -2.34. The van der Waals surface area contributed by atoms with E-state index in [1.165, 1.54) is 10.4 Å². The predicted molar refractivity (Wildman–Crippen MR) is 109 cm³/mol. The van der Waals surface area contributed by atoms with Gasteiger partial charge in [-0.3, -0.25) is 4.31 Å². The Hall–Kier alpha value is -2.86. The minimum Gasteiger partial charge on any atom is -0.497 e. The molecule has 1 atom stereocenters. The highest BCUT2D eigenvalue weighted by Gasteiger charge is 2.32. The number of methoxy groups -OCH3 is 1. The molecule has 28 heavy (non-hydrogen) atoms. The molecular formula is C22H22FNO3S. The molecule has 0 aliphatic heterocycles. The van der Waals surface area contributed by atoms with Gasteiger partial charge in [0.15, 0.2) is 0 Å². The minimum atomic E-state index is -3.94. The number of anilines is 1. The van der Waals surface area contributed by atoms with Crippen molar-refractivity contribution in [3.05, 3.63) is 89.7 Å². The van der Waals surface area contributed by atoms with Crippen LogP contribution in [-0.4, -0.2) is 15.5 Å². The average molecular weight is 399 g/mol. The molecule has 0 radical (unpaired) electrons. The van der Waals surface area contributed by atoms with Gasteiger partial charge in [0.05, 0.1) is 23.7 Å². The number of hydrogen-bond acceptors (Lipinski definition) is 3. The molecule has 0 saturated heterocycles. The zero-order valence-electron chi connectivity index (χ0n) is 16.0. The Morgan fingerprint density at radius 2 is 1.54 bits per heavy atom. The Labute approximate surface area is 165 Å². The number of benzene rings is 3. The van der Waals surface area contributed by atoms with Crippen molar-refractivity contribution < 1.29 is 17.5 Å². The van der Waals surface area contributed by atoms with E-state index in [1.807, 2.05) is 0 Å². The minimum absolute atomic E-state index is 0.189. The van der Waals surface area contributed by atoms with E-state index < -0.39 is 21.9 Å². The summed E-state index contributed by atoms with van der Waals surface area (Å²) < 4.78 is 48.1. The van der Waals surface area contributed by atoms with Gasteiger partial charge in [0.25, 0.3) is 10.0 Å². The maximum atomic E-state index is 14.5. The third kappa shape index (κ3) is 3.73. The SMILES string of the molecule is COc1ccc(N(C(C)c2ccccc2F)S(=O)(=O)c2ccccc2C)cc1. The zero-order valence-corrected chi connectivity index (χ0v) is 16.8. The summed E-state index contributed by atoms with van der Waals surface area (Å²) in [6.45, 7) is 3.42. The molecule has 0 heterocycles. The summed E-state index contributed by atoms with van der Waals surface area (Å²) in [5.74, 6) is 0.157. The van der Waals surface area contributed by atoms with Crippen LogP contribution in [0.3, 0.4) is 0 Å². The Kier molecular flexibility index (Phi) is 5.70. The summed E-state index contributed by atoms with van der Waals surface area (Å²) in [7, 11) is -2.40. The summed E-state index contributed by atoms with van der Waals surface area (Å²) in [6.07, 6.45) is 0. The van der Waals surface area contributed by atoms with Crippen LogP contribution in [0.4, 0.5) is 10.1 Å². The van der Waals surface area contributed by atoms with Gasteiger partial charge < -0.3 is 4.74 Å². The van der Waals surface area contributed by atoms with Gasteiger partial charge in [0, 0.05) is 5.56 Å². The smallest absolute Gasteiger partial charge is 0.265 e. The topological polar surface area (TPSA) is 46.6 Å². The second-order valence-corrected chi connectivity index (χ2v) is 8.25. The second-order valence-electron chi connectivity index (χ2n) is 6.46. The number of sulfonamides is 1. The maximum absolute atomic E-state index is 14.5. The first kappa shape index (κ1) is 19.9. The van der Waals surface area contributed by atoms with Crippen LogP contribution in [-0.2, 0) is 10.0 Å². The molecule has 0 saturated carbocycles. The second kappa shape index (κ2) is 8.02. The van der Waals surface area contributed by atoms with Crippen LogP contribution in [0.2, 0.25) is 0 Å². The highest BCUT2D eigenvalue weighted by Crippen LogP contribution is 2.35. The zero-order chi connectivity index (χ0) is 20.3. The summed E-state index contributed by atoms with van der Waals surface area (Å²) >= 11 is 0. The molecule has 3 aromatic rings. The van der Waals surface area contributed by atoms with Crippen LogP contribution in [0.5, 0.6) is 5.75 Å². The molecule has 3 aromatic carbocycles. The number of nitrogens with zero attached hydrogens (tertiary/aromatic N) is 1. The van der Waals surface area contributed by atoms with Crippen LogP contribution >= 0.6 is 0 Å². The summed E-state index contributed by atoms with van der Waals surface area (Å²) in [6, 6.07) is 18.9. The standard InChI is InChI=1S/C22H22FNO3S/c1-16-8-4-7-11-22(16)28(25,26)24(18-12-14-19(27-3)15-13-18)17(2)20-9-5-6-10-21(20)23/h4-15,17H,1-3H3. The van der Waals surface area contributed by atoms with E-state index in [9.17, 15) is 12.8 Å². The Bertz CT molecular complexity index is 1070. The highest BCUT2D eigenvalue weighted by atomic mass is 32.2. The molecule has 6 heteroatoms. The van der Waals surface area contributed by atoms with Gasteiger partial charge in [-0.1, -0.05) is 36.4 Å². The maximum Gasteiger partial charge on any atom is 0.265 e. The van der Waals surface area contributed by atoms with Crippen molar-refractivity contribution in [2.24, 2.45) is 0 Å². The molecule has 0 spiro atoms. The molecule has 0 fully saturated rings. The number of hydrogen-bond donors (Lipinski definition) is 0. The Morgan fingerprint density at radius 1 is 0.929 bits per heavy atom. The van der Waals surface area contributed by atoms with Gasteiger partial charge >= 0.3 is 0 Å². The quantitative estimate of drug-likeness (QED) is 0.579. The summed E-state index contributed by atoms with van der Waals surface area (Å²) in [4.78, 5) is 0.189. The monoisotopic (exact) mass is 399 g/mol. The van der Waals surface area contributed by atoms with Crippen molar-refractivity contribution in [3.63, 3.8) is 0 Å². The van der Waals surface area contributed by atoms with Crippen LogP contribution in [0.15, 0.2) is 77.7 Å². The largest absolute Gasteiger partial charge is 0.497 e. The normalized spacial score (nSPS) is 12.4. The first-order valence-electron chi connectivity index (χ1n) is 8.85. The van der Waals surface area contributed by atoms with E-state index in [-0.39, 0.29) is 4.90 Å². The number of aryl methyl sites for hydroxylation is 1. The molecular weight excluding hydrogens is 377 g/mol. The van der Waals surface area contributed by atoms with E-state index >= 15 is 0 Å². The molecule has 0 bridgehead atoms. The van der Waals surface area contributed by atoms with E-state index in [0.717, 1.165) is 0 Å². The van der Waals surface area contributed by atoms with Crippen LogP contribution in [0, 0.1) is 12.7 Å². The molecule has 1 unspecified atom stereocenters. The van der Waals surface area contributed by atoms with Crippen molar-refractivity contribution in [3.8, 4) is 5.75 Å². The number of ether oxygens (including phenoxy) is 1. The van der Waals surface area contributed by atoms with E-state index in [0.29, 0.717) is 22.6 Å². The van der Waals surface area contributed by atoms with Gasteiger partial charge in [-0.25, -0.2) is 12.8 Å². The van der Waals surface area contributed by atoms with Crippen molar-refractivity contribution in [1.29, 1.82) is 0 Å². The van der Waals surface area contributed by atoms with Gasteiger partial charge in [0.1, 0.15) is 11.6 Å².